The molecule has 1 aromatic heterocycles. The standard InChI is InChI=1S/C19H14Cl2N4O5/c1-10(26)23-16-8-17(25(28)29)15(21)7-13(16)19(27)22-9-11-6-18(30-24-11)12-4-2-3-5-14(12)20/h2-8H,9H2,1H3,(H,22,27)(H,23,26). The van der Waals surface area contributed by atoms with Gasteiger partial charge in [-0.05, 0) is 18.2 Å². The van der Waals surface area contributed by atoms with Crippen LogP contribution in [-0.2, 0) is 11.3 Å². The number of amides is 2. The molecule has 2 aromatic carbocycles. The van der Waals surface area contributed by atoms with Gasteiger partial charge in [-0.15, -0.1) is 0 Å². The summed E-state index contributed by atoms with van der Waals surface area (Å²) in [6.45, 7) is 1.22. The summed E-state index contributed by atoms with van der Waals surface area (Å²) in [6.07, 6.45) is 0. The van der Waals surface area contributed by atoms with Crippen LogP contribution < -0.4 is 10.6 Å². The molecule has 0 unspecified atom stereocenters. The van der Waals surface area contributed by atoms with Gasteiger partial charge in [0.15, 0.2) is 5.76 Å². The van der Waals surface area contributed by atoms with Crippen LogP contribution in [0, 0.1) is 10.1 Å². The molecule has 0 atom stereocenters. The average molecular weight is 449 g/mol. The number of benzene rings is 2. The second-order valence-corrected chi connectivity index (χ2v) is 6.95. The number of halogens is 2. The van der Waals surface area contributed by atoms with Crippen molar-refractivity contribution in [1.82, 2.24) is 10.5 Å². The van der Waals surface area contributed by atoms with E-state index < -0.39 is 22.4 Å². The predicted molar refractivity (Wildman–Crippen MR) is 111 cm³/mol. The van der Waals surface area contributed by atoms with E-state index in [1.165, 1.54) is 6.92 Å². The van der Waals surface area contributed by atoms with E-state index in [-0.39, 0.29) is 22.8 Å². The maximum Gasteiger partial charge on any atom is 0.290 e. The molecule has 9 nitrogen and oxygen atoms in total. The lowest BCUT2D eigenvalue weighted by Crippen LogP contribution is -2.24. The highest BCUT2D eigenvalue weighted by atomic mass is 35.5. The van der Waals surface area contributed by atoms with Gasteiger partial charge in [0.25, 0.3) is 11.6 Å². The molecule has 0 fully saturated rings. The van der Waals surface area contributed by atoms with Gasteiger partial charge >= 0.3 is 0 Å². The summed E-state index contributed by atoms with van der Waals surface area (Å²) in [5.41, 5.74) is 0.577. The monoisotopic (exact) mass is 448 g/mol. The van der Waals surface area contributed by atoms with Crippen molar-refractivity contribution in [3.8, 4) is 11.3 Å². The highest BCUT2D eigenvalue weighted by molar-refractivity contribution is 6.33. The Hall–Kier alpha value is -3.43. The molecule has 3 rings (SSSR count). The minimum absolute atomic E-state index is 0.000897. The molecular weight excluding hydrogens is 435 g/mol. The van der Waals surface area contributed by atoms with Crippen molar-refractivity contribution in [2.45, 2.75) is 13.5 Å². The maximum absolute atomic E-state index is 12.6. The molecule has 11 heteroatoms. The molecule has 0 aliphatic heterocycles. The van der Waals surface area contributed by atoms with Gasteiger partial charge in [0.1, 0.15) is 10.7 Å². The molecule has 0 aliphatic rings. The van der Waals surface area contributed by atoms with Crippen LogP contribution in [0.1, 0.15) is 23.0 Å². The Labute approximate surface area is 180 Å². The van der Waals surface area contributed by atoms with E-state index in [9.17, 15) is 19.7 Å². The summed E-state index contributed by atoms with van der Waals surface area (Å²) in [5, 5.41) is 20.2. The molecule has 0 aliphatic carbocycles. The number of hydrogen-bond acceptors (Lipinski definition) is 6. The van der Waals surface area contributed by atoms with Crippen LogP contribution in [0.25, 0.3) is 11.3 Å². The molecule has 0 bridgehead atoms. The molecule has 1 heterocycles. The van der Waals surface area contributed by atoms with Crippen LogP contribution in [0.4, 0.5) is 11.4 Å². The zero-order chi connectivity index (χ0) is 21.8. The summed E-state index contributed by atoms with van der Waals surface area (Å²) in [5.74, 6) is -0.679. The van der Waals surface area contributed by atoms with Gasteiger partial charge in [-0.25, -0.2) is 0 Å². The fraction of sp³-hybridized carbons (Fsp3) is 0.105. The highest BCUT2D eigenvalue weighted by Gasteiger charge is 2.21. The number of nitro benzene ring substituents is 1. The third-order valence-electron chi connectivity index (χ3n) is 3.97. The van der Waals surface area contributed by atoms with Crippen LogP contribution in [0.5, 0.6) is 0 Å². The Morgan fingerprint density at radius 3 is 2.57 bits per heavy atom. The van der Waals surface area contributed by atoms with Crippen LogP contribution >= 0.6 is 23.2 Å². The first kappa shape index (κ1) is 21.3. The molecule has 154 valence electrons. The number of nitrogens with zero attached hydrogens (tertiary/aromatic N) is 2. The first-order valence-electron chi connectivity index (χ1n) is 8.50. The third-order valence-corrected chi connectivity index (χ3v) is 4.60. The zero-order valence-corrected chi connectivity index (χ0v) is 17.0. The van der Waals surface area contributed by atoms with Crippen molar-refractivity contribution in [2.24, 2.45) is 0 Å². The van der Waals surface area contributed by atoms with Gasteiger partial charge < -0.3 is 15.2 Å². The molecule has 30 heavy (non-hydrogen) atoms. The lowest BCUT2D eigenvalue weighted by Gasteiger charge is -2.11. The third kappa shape index (κ3) is 4.76. The van der Waals surface area contributed by atoms with Gasteiger partial charge in [0.05, 0.1) is 27.7 Å². The average Bonchev–Trinajstić information content (AvgIpc) is 3.15. The quantitative estimate of drug-likeness (QED) is 0.423. The van der Waals surface area contributed by atoms with Gasteiger partial charge in [-0.1, -0.05) is 40.5 Å². The topological polar surface area (TPSA) is 127 Å². The smallest absolute Gasteiger partial charge is 0.290 e. The number of carbonyl (C=O) groups excluding carboxylic acids is 2. The lowest BCUT2D eigenvalue weighted by atomic mass is 10.1. The van der Waals surface area contributed by atoms with Gasteiger partial charge in [0, 0.05) is 24.6 Å². The molecular formula is C19H14Cl2N4O5. The van der Waals surface area contributed by atoms with Crippen LogP contribution in [0.3, 0.4) is 0 Å². The van der Waals surface area contributed by atoms with E-state index in [1.807, 2.05) is 0 Å². The van der Waals surface area contributed by atoms with Crippen molar-refractivity contribution in [1.29, 1.82) is 0 Å². The number of carbonyl (C=O) groups is 2. The number of hydrogen-bond donors (Lipinski definition) is 2. The Kier molecular flexibility index (Phi) is 6.34. The van der Waals surface area contributed by atoms with Gasteiger partial charge in [-0.2, -0.15) is 0 Å². The molecule has 3 aromatic rings. The van der Waals surface area contributed by atoms with Crippen LogP contribution in [0.15, 0.2) is 47.0 Å². The van der Waals surface area contributed by atoms with Gasteiger partial charge in [-0.3, -0.25) is 19.7 Å². The maximum atomic E-state index is 12.6. The van der Waals surface area contributed by atoms with Gasteiger partial charge in [0.2, 0.25) is 5.91 Å². The summed E-state index contributed by atoms with van der Waals surface area (Å²) in [4.78, 5) is 34.4. The summed E-state index contributed by atoms with van der Waals surface area (Å²) in [7, 11) is 0. The number of nitrogens with one attached hydrogen (secondary N) is 2. The van der Waals surface area contributed by atoms with E-state index in [0.29, 0.717) is 22.0 Å². The Bertz CT molecular complexity index is 1150. The van der Waals surface area contributed by atoms with Crippen molar-refractivity contribution in [3.05, 3.63) is 73.9 Å². The van der Waals surface area contributed by atoms with E-state index in [4.69, 9.17) is 27.7 Å². The molecule has 2 amide bonds. The van der Waals surface area contributed by atoms with E-state index in [2.05, 4.69) is 15.8 Å². The van der Waals surface area contributed by atoms with Crippen LogP contribution in [-0.4, -0.2) is 21.9 Å². The molecule has 2 N–H and O–H groups in total. The number of rotatable bonds is 6. The molecule has 0 saturated carbocycles. The molecule has 0 radical (unpaired) electrons. The normalized spacial score (nSPS) is 10.5. The first-order valence-corrected chi connectivity index (χ1v) is 9.26. The Balaban J connectivity index is 1.79. The number of nitro groups is 1. The second-order valence-electron chi connectivity index (χ2n) is 6.13. The van der Waals surface area contributed by atoms with Crippen molar-refractivity contribution >= 4 is 46.4 Å². The first-order chi connectivity index (χ1) is 14.3. The second kappa shape index (κ2) is 8.93. The lowest BCUT2D eigenvalue weighted by molar-refractivity contribution is -0.384. The molecule has 0 saturated heterocycles. The van der Waals surface area contributed by atoms with Crippen LogP contribution in [0.2, 0.25) is 10.0 Å². The summed E-state index contributed by atoms with van der Waals surface area (Å²) < 4.78 is 5.27. The summed E-state index contributed by atoms with van der Waals surface area (Å²) >= 11 is 12.0. The Morgan fingerprint density at radius 1 is 1.17 bits per heavy atom. The highest BCUT2D eigenvalue weighted by Crippen LogP contribution is 2.31. The van der Waals surface area contributed by atoms with E-state index in [1.54, 1.807) is 30.3 Å². The fourth-order valence-electron chi connectivity index (χ4n) is 2.63. The Morgan fingerprint density at radius 2 is 1.90 bits per heavy atom. The molecule has 0 spiro atoms. The van der Waals surface area contributed by atoms with Crippen molar-refractivity contribution < 1.29 is 19.0 Å². The number of anilines is 1. The SMILES string of the molecule is CC(=O)Nc1cc([N+](=O)[O-])c(Cl)cc1C(=O)NCc1cc(-c2ccccc2Cl)on1. The van der Waals surface area contributed by atoms with E-state index in [0.717, 1.165) is 12.1 Å². The minimum atomic E-state index is -0.707. The fourth-order valence-corrected chi connectivity index (χ4v) is 3.09. The summed E-state index contributed by atoms with van der Waals surface area (Å²) in [6, 6.07) is 10.8. The zero-order valence-electron chi connectivity index (χ0n) is 15.4. The largest absolute Gasteiger partial charge is 0.356 e. The minimum Gasteiger partial charge on any atom is -0.356 e. The number of aromatic nitrogens is 1. The van der Waals surface area contributed by atoms with Crippen molar-refractivity contribution in [2.75, 3.05) is 5.32 Å². The van der Waals surface area contributed by atoms with E-state index >= 15 is 0 Å². The predicted octanol–water partition coefficient (Wildman–Crippen LogP) is 4.45. The van der Waals surface area contributed by atoms with Crippen molar-refractivity contribution in [3.63, 3.8) is 0 Å².